The molecule has 1 aromatic rings. The molecule has 6 heteroatoms. The summed E-state index contributed by atoms with van der Waals surface area (Å²) >= 11 is 0. The Hall–Kier alpha value is -1.69. The SMILES string of the molecule is Cc1ccnc(N2CCCC(C(=O)N3CCOCC3)C2)n1. The van der Waals surface area contributed by atoms with Gasteiger partial charge in [0.15, 0.2) is 0 Å². The standard InChI is InChI=1S/C15H22N4O2/c1-12-4-5-16-15(17-12)19-6-2-3-13(11-19)14(20)18-7-9-21-10-8-18/h4-5,13H,2-3,6-11H2,1H3. The van der Waals surface area contributed by atoms with Crippen molar-refractivity contribution in [2.24, 2.45) is 5.92 Å². The van der Waals surface area contributed by atoms with Crippen LogP contribution >= 0.6 is 0 Å². The largest absolute Gasteiger partial charge is 0.378 e. The lowest BCUT2D eigenvalue weighted by Gasteiger charge is -2.36. The molecule has 2 aliphatic heterocycles. The average molecular weight is 290 g/mol. The molecule has 0 aromatic carbocycles. The van der Waals surface area contributed by atoms with Gasteiger partial charge in [-0.15, -0.1) is 0 Å². The van der Waals surface area contributed by atoms with E-state index in [0.29, 0.717) is 13.2 Å². The third-order valence-electron chi connectivity index (χ3n) is 4.16. The average Bonchev–Trinajstić information content (AvgIpc) is 2.55. The van der Waals surface area contributed by atoms with Crippen LogP contribution in [0.25, 0.3) is 0 Å². The molecular weight excluding hydrogens is 268 g/mol. The van der Waals surface area contributed by atoms with Crippen LogP contribution in [0.3, 0.4) is 0 Å². The summed E-state index contributed by atoms with van der Waals surface area (Å²) in [7, 11) is 0. The number of aryl methyl sites for hydroxylation is 1. The number of hydrogen-bond acceptors (Lipinski definition) is 5. The number of ether oxygens (including phenoxy) is 1. The van der Waals surface area contributed by atoms with E-state index in [-0.39, 0.29) is 11.8 Å². The summed E-state index contributed by atoms with van der Waals surface area (Å²) in [6.07, 6.45) is 3.75. The molecule has 114 valence electrons. The molecule has 2 fully saturated rings. The van der Waals surface area contributed by atoms with Gasteiger partial charge in [0.05, 0.1) is 19.1 Å². The summed E-state index contributed by atoms with van der Waals surface area (Å²) < 4.78 is 5.32. The fourth-order valence-corrected chi connectivity index (χ4v) is 2.99. The Kier molecular flexibility index (Phi) is 4.34. The number of rotatable bonds is 2. The van der Waals surface area contributed by atoms with Gasteiger partial charge < -0.3 is 14.5 Å². The van der Waals surface area contributed by atoms with E-state index in [0.717, 1.165) is 50.7 Å². The van der Waals surface area contributed by atoms with E-state index in [2.05, 4.69) is 14.9 Å². The quantitative estimate of drug-likeness (QED) is 0.808. The minimum absolute atomic E-state index is 0.0564. The second kappa shape index (κ2) is 6.39. The summed E-state index contributed by atoms with van der Waals surface area (Å²) in [4.78, 5) is 25.5. The highest BCUT2D eigenvalue weighted by molar-refractivity contribution is 5.79. The van der Waals surface area contributed by atoms with Crippen LogP contribution in [-0.2, 0) is 9.53 Å². The summed E-state index contributed by atoms with van der Waals surface area (Å²) in [5.41, 5.74) is 0.960. The lowest BCUT2D eigenvalue weighted by atomic mass is 9.96. The van der Waals surface area contributed by atoms with E-state index in [4.69, 9.17) is 4.74 Å². The monoisotopic (exact) mass is 290 g/mol. The number of anilines is 1. The van der Waals surface area contributed by atoms with Crippen LogP contribution < -0.4 is 4.90 Å². The Balaban J connectivity index is 1.66. The smallest absolute Gasteiger partial charge is 0.227 e. The highest BCUT2D eigenvalue weighted by Gasteiger charge is 2.30. The second-order valence-electron chi connectivity index (χ2n) is 5.72. The minimum Gasteiger partial charge on any atom is -0.378 e. The maximum Gasteiger partial charge on any atom is 0.227 e. The van der Waals surface area contributed by atoms with Gasteiger partial charge in [-0.2, -0.15) is 0 Å². The van der Waals surface area contributed by atoms with E-state index in [1.165, 1.54) is 0 Å². The Labute approximate surface area is 125 Å². The first kappa shape index (κ1) is 14.3. The Morgan fingerprint density at radius 1 is 1.33 bits per heavy atom. The van der Waals surface area contributed by atoms with Gasteiger partial charge in [0.1, 0.15) is 0 Å². The van der Waals surface area contributed by atoms with Crippen LogP contribution in [-0.4, -0.2) is 60.2 Å². The number of aromatic nitrogens is 2. The maximum atomic E-state index is 12.6. The van der Waals surface area contributed by atoms with Crippen molar-refractivity contribution in [2.45, 2.75) is 19.8 Å². The zero-order valence-corrected chi connectivity index (χ0v) is 12.5. The molecule has 0 saturated carbocycles. The predicted molar refractivity (Wildman–Crippen MR) is 79.1 cm³/mol. The molecule has 1 amide bonds. The van der Waals surface area contributed by atoms with Gasteiger partial charge in [0.25, 0.3) is 0 Å². The second-order valence-corrected chi connectivity index (χ2v) is 5.72. The molecular formula is C15H22N4O2. The molecule has 0 aliphatic carbocycles. The summed E-state index contributed by atoms with van der Waals surface area (Å²) in [5.74, 6) is 1.06. The number of piperidine rings is 1. The predicted octanol–water partition coefficient (Wildman–Crippen LogP) is 0.860. The molecule has 21 heavy (non-hydrogen) atoms. The zero-order valence-electron chi connectivity index (χ0n) is 12.5. The van der Waals surface area contributed by atoms with Crippen molar-refractivity contribution in [3.8, 4) is 0 Å². The van der Waals surface area contributed by atoms with Crippen LogP contribution in [0.1, 0.15) is 18.5 Å². The lowest BCUT2D eigenvalue weighted by Crippen LogP contribution is -2.48. The fraction of sp³-hybridized carbons (Fsp3) is 0.667. The molecule has 0 bridgehead atoms. The number of nitrogens with zero attached hydrogens (tertiary/aromatic N) is 4. The van der Waals surface area contributed by atoms with Gasteiger partial charge in [-0.05, 0) is 25.8 Å². The molecule has 2 saturated heterocycles. The van der Waals surface area contributed by atoms with Crippen LogP contribution in [0.15, 0.2) is 12.3 Å². The van der Waals surface area contributed by atoms with Crippen LogP contribution in [0.5, 0.6) is 0 Å². The molecule has 6 nitrogen and oxygen atoms in total. The first-order valence-corrected chi connectivity index (χ1v) is 7.65. The van der Waals surface area contributed by atoms with Gasteiger partial charge in [-0.25, -0.2) is 9.97 Å². The molecule has 1 aromatic heterocycles. The molecule has 1 atom stereocenters. The number of hydrogen-bond donors (Lipinski definition) is 0. The van der Waals surface area contributed by atoms with Crippen molar-refractivity contribution >= 4 is 11.9 Å². The van der Waals surface area contributed by atoms with Gasteiger partial charge in [0, 0.05) is 38.1 Å². The molecule has 2 aliphatic rings. The van der Waals surface area contributed by atoms with Crippen molar-refractivity contribution < 1.29 is 9.53 Å². The summed E-state index contributed by atoms with van der Waals surface area (Å²) in [6.45, 7) is 6.36. The van der Waals surface area contributed by atoms with Crippen molar-refractivity contribution in [1.29, 1.82) is 0 Å². The van der Waals surface area contributed by atoms with Crippen molar-refractivity contribution in [3.63, 3.8) is 0 Å². The molecule has 0 radical (unpaired) electrons. The first-order valence-electron chi connectivity index (χ1n) is 7.65. The highest BCUT2D eigenvalue weighted by Crippen LogP contribution is 2.22. The Morgan fingerprint density at radius 3 is 2.90 bits per heavy atom. The topological polar surface area (TPSA) is 58.6 Å². The Morgan fingerprint density at radius 2 is 2.14 bits per heavy atom. The normalized spacial score (nSPS) is 23.2. The fourth-order valence-electron chi connectivity index (χ4n) is 2.99. The van der Waals surface area contributed by atoms with E-state index >= 15 is 0 Å². The van der Waals surface area contributed by atoms with E-state index in [9.17, 15) is 4.79 Å². The van der Waals surface area contributed by atoms with Crippen molar-refractivity contribution in [1.82, 2.24) is 14.9 Å². The van der Waals surface area contributed by atoms with E-state index in [1.807, 2.05) is 17.9 Å². The number of carbonyl (C=O) groups excluding carboxylic acids is 1. The molecule has 1 unspecified atom stereocenters. The lowest BCUT2D eigenvalue weighted by molar-refractivity contribution is -0.139. The first-order chi connectivity index (χ1) is 10.2. The molecule has 3 rings (SSSR count). The number of morpholine rings is 1. The number of carbonyl (C=O) groups is 1. The third-order valence-corrected chi connectivity index (χ3v) is 4.16. The molecule has 0 N–H and O–H groups in total. The summed E-state index contributed by atoms with van der Waals surface area (Å²) in [5, 5.41) is 0. The van der Waals surface area contributed by atoms with Crippen molar-refractivity contribution in [2.75, 3.05) is 44.3 Å². The Bertz CT molecular complexity index is 502. The number of amides is 1. The highest BCUT2D eigenvalue weighted by atomic mass is 16.5. The summed E-state index contributed by atoms with van der Waals surface area (Å²) in [6, 6.07) is 1.89. The zero-order chi connectivity index (χ0) is 14.7. The van der Waals surface area contributed by atoms with Crippen LogP contribution in [0.4, 0.5) is 5.95 Å². The van der Waals surface area contributed by atoms with E-state index in [1.54, 1.807) is 6.20 Å². The van der Waals surface area contributed by atoms with Crippen LogP contribution in [0, 0.1) is 12.8 Å². The van der Waals surface area contributed by atoms with Crippen molar-refractivity contribution in [3.05, 3.63) is 18.0 Å². The molecule has 3 heterocycles. The third kappa shape index (κ3) is 3.32. The van der Waals surface area contributed by atoms with Gasteiger partial charge in [-0.1, -0.05) is 0 Å². The van der Waals surface area contributed by atoms with E-state index < -0.39 is 0 Å². The van der Waals surface area contributed by atoms with Gasteiger partial charge in [0.2, 0.25) is 11.9 Å². The molecule has 0 spiro atoms. The minimum atomic E-state index is 0.0564. The van der Waals surface area contributed by atoms with Gasteiger partial charge in [-0.3, -0.25) is 4.79 Å². The maximum absolute atomic E-state index is 12.6. The van der Waals surface area contributed by atoms with Gasteiger partial charge >= 0.3 is 0 Å². The van der Waals surface area contributed by atoms with Crippen LogP contribution in [0.2, 0.25) is 0 Å².